The third-order valence-corrected chi connectivity index (χ3v) is 2.88. The van der Waals surface area contributed by atoms with Crippen LogP contribution in [0.15, 0.2) is 0 Å². The first-order chi connectivity index (χ1) is 5.72. The highest BCUT2D eigenvalue weighted by molar-refractivity contribution is 5.00. The van der Waals surface area contributed by atoms with Gasteiger partial charge in [0, 0.05) is 0 Å². The van der Waals surface area contributed by atoms with Gasteiger partial charge in [-0.2, -0.15) is 13.2 Å². The van der Waals surface area contributed by atoms with E-state index in [2.05, 4.69) is 0 Å². The number of halogens is 3. The van der Waals surface area contributed by atoms with Crippen LogP contribution in [0.25, 0.3) is 0 Å². The van der Waals surface area contributed by atoms with Crippen LogP contribution in [-0.2, 0) is 0 Å². The predicted octanol–water partition coefficient (Wildman–Crippen LogP) is 1.43. The van der Waals surface area contributed by atoms with E-state index in [9.17, 15) is 18.3 Å². The Morgan fingerprint density at radius 2 is 1.92 bits per heavy atom. The number of rotatable bonds is 1. The van der Waals surface area contributed by atoms with Crippen LogP contribution in [0.2, 0.25) is 0 Å². The summed E-state index contributed by atoms with van der Waals surface area (Å²) >= 11 is 0. The molecule has 1 rings (SSSR count). The highest BCUT2D eigenvalue weighted by Gasteiger charge is 2.59. The summed E-state index contributed by atoms with van der Waals surface area (Å²) in [6, 6.07) is 0. The maximum Gasteiger partial charge on any atom is 0.417 e. The Kier molecular flexibility index (Phi) is 2.37. The van der Waals surface area contributed by atoms with E-state index in [1.54, 1.807) is 6.92 Å². The molecule has 1 aliphatic carbocycles. The van der Waals surface area contributed by atoms with Crippen molar-refractivity contribution in [2.75, 3.05) is 6.54 Å². The topological polar surface area (TPSA) is 46.2 Å². The third-order valence-electron chi connectivity index (χ3n) is 2.88. The van der Waals surface area contributed by atoms with Gasteiger partial charge in [0.1, 0.15) is 0 Å². The van der Waals surface area contributed by atoms with Gasteiger partial charge in [-0.3, -0.25) is 0 Å². The zero-order valence-corrected chi connectivity index (χ0v) is 7.49. The fourth-order valence-corrected chi connectivity index (χ4v) is 1.81. The summed E-state index contributed by atoms with van der Waals surface area (Å²) in [6.07, 6.45) is -4.70. The quantitative estimate of drug-likeness (QED) is 0.668. The second kappa shape index (κ2) is 2.85. The lowest BCUT2D eigenvalue weighted by atomic mass is 9.87. The van der Waals surface area contributed by atoms with Crippen molar-refractivity contribution in [3.05, 3.63) is 0 Å². The van der Waals surface area contributed by atoms with Crippen LogP contribution in [-0.4, -0.2) is 23.4 Å². The average molecular weight is 197 g/mol. The molecule has 0 radical (unpaired) electrons. The molecule has 2 unspecified atom stereocenters. The van der Waals surface area contributed by atoms with Gasteiger partial charge in [-0.15, -0.1) is 0 Å². The maximum atomic E-state index is 12.3. The van der Waals surface area contributed by atoms with Gasteiger partial charge in [0.25, 0.3) is 0 Å². The van der Waals surface area contributed by atoms with Crippen molar-refractivity contribution in [1.82, 2.24) is 0 Å². The smallest absolute Gasteiger partial charge is 0.380 e. The van der Waals surface area contributed by atoms with Crippen molar-refractivity contribution in [2.45, 2.75) is 38.0 Å². The Labute approximate surface area is 74.9 Å². The van der Waals surface area contributed by atoms with Gasteiger partial charge in [-0.05, 0) is 31.2 Å². The van der Waals surface area contributed by atoms with Crippen LogP contribution >= 0.6 is 0 Å². The Balaban J connectivity index is 2.78. The maximum absolute atomic E-state index is 12.3. The van der Waals surface area contributed by atoms with Gasteiger partial charge in [0.15, 0.2) is 5.60 Å². The molecule has 1 fully saturated rings. The van der Waals surface area contributed by atoms with Crippen LogP contribution in [0.4, 0.5) is 13.2 Å². The molecule has 78 valence electrons. The monoisotopic (exact) mass is 197 g/mol. The molecular weight excluding hydrogens is 183 g/mol. The number of aliphatic hydroxyl groups is 1. The van der Waals surface area contributed by atoms with Gasteiger partial charge < -0.3 is 10.8 Å². The first-order valence-electron chi connectivity index (χ1n) is 4.22. The van der Waals surface area contributed by atoms with Crippen LogP contribution in [0, 0.1) is 5.41 Å². The fourth-order valence-electron chi connectivity index (χ4n) is 1.81. The second-order valence-electron chi connectivity index (χ2n) is 4.22. The molecule has 0 heterocycles. The minimum atomic E-state index is -4.53. The molecule has 0 amide bonds. The summed E-state index contributed by atoms with van der Waals surface area (Å²) in [7, 11) is 0. The lowest BCUT2D eigenvalue weighted by Crippen LogP contribution is -2.44. The molecule has 5 heteroatoms. The largest absolute Gasteiger partial charge is 0.417 e. The molecule has 0 bridgehead atoms. The first kappa shape index (κ1) is 10.8. The predicted molar refractivity (Wildman–Crippen MR) is 42.0 cm³/mol. The summed E-state index contributed by atoms with van der Waals surface area (Å²) in [5, 5.41) is 9.31. The van der Waals surface area contributed by atoms with Gasteiger partial charge in [0.05, 0.1) is 0 Å². The number of alkyl halides is 3. The molecule has 0 spiro atoms. The van der Waals surface area contributed by atoms with Crippen LogP contribution < -0.4 is 5.73 Å². The summed E-state index contributed by atoms with van der Waals surface area (Å²) in [6.45, 7) is 1.86. The Hall–Kier alpha value is -0.290. The molecule has 13 heavy (non-hydrogen) atoms. The van der Waals surface area contributed by atoms with Crippen molar-refractivity contribution in [3.63, 3.8) is 0 Å². The normalized spacial score (nSPS) is 41.1. The van der Waals surface area contributed by atoms with Crippen molar-refractivity contribution in [1.29, 1.82) is 0 Å². The molecule has 0 saturated heterocycles. The van der Waals surface area contributed by atoms with Gasteiger partial charge in [-0.1, -0.05) is 6.92 Å². The number of nitrogens with two attached hydrogens (primary N) is 1. The highest BCUT2D eigenvalue weighted by Crippen LogP contribution is 2.50. The molecular formula is C8H14F3NO. The van der Waals surface area contributed by atoms with E-state index in [0.717, 1.165) is 0 Å². The zero-order chi connectivity index (χ0) is 10.3. The standard InChI is InChI=1S/C8H14F3NO/c1-6(5-12)2-3-7(13,4-6)8(9,10)11/h13H,2-5,12H2,1H3. The number of hydrogen-bond acceptors (Lipinski definition) is 2. The van der Waals surface area contributed by atoms with E-state index in [1.807, 2.05) is 0 Å². The highest BCUT2D eigenvalue weighted by atomic mass is 19.4. The molecule has 0 aliphatic heterocycles. The summed E-state index contributed by atoms with van der Waals surface area (Å²) < 4.78 is 37.0. The summed E-state index contributed by atoms with van der Waals surface area (Å²) in [5.41, 5.74) is 2.28. The van der Waals surface area contributed by atoms with Crippen molar-refractivity contribution >= 4 is 0 Å². The molecule has 1 aliphatic rings. The Morgan fingerprint density at radius 3 is 2.15 bits per heavy atom. The molecule has 3 N–H and O–H groups in total. The van der Waals surface area contributed by atoms with Crippen molar-refractivity contribution < 1.29 is 18.3 Å². The Morgan fingerprint density at radius 1 is 1.38 bits per heavy atom. The molecule has 0 aromatic carbocycles. The Bertz CT molecular complexity index is 206. The molecule has 0 aromatic rings. The van der Waals surface area contributed by atoms with E-state index in [4.69, 9.17) is 5.73 Å². The minimum Gasteiger partial charge on any atom is -0.380 e. The van der Waals surface area contributed by atoms with Crippen LogP contribution in [0.3, 0.4) is 0 Å². The summed E-state index contributed by atoms with van der Waals surface area (Å²) in [4.78, 5) is 0. The van der Waals surface area contributed by atoms with E-state index >= 15 is 0 Å². The van der Waals surface area contributed by atoms with E-state index in [1.165, 1.54) is 0 Å². The fraction of sp³-hybridized carbons (Fsp3) is 1.00. The van der Waals surface area contributed by atoms with Gasteiger partial charge in [-0.25, -0.2) is 0 Å². The van der Waals surface area contributed by atoms with Crippen LogP contribution in [0.5, 0.6) is 0 Å². The third kappa shape index (κ3) is 1.81. The zero-order valence-electron chi connectivity index (χ0n) is 7.49. The van der Waals surface area contributed by atoms with E-state index < -0.39 is 17.2 Å². The van der Waals surface area contributed by atoms with E-state index in [-0.39, 0.29) is 19.4 Å². The SMILES string of the molecule is CC1(CN)CCC(O)(C(F)(F)F)C1. The number of hydrogen-bond donors (Lipinski definition) is 2. The first-order valence-corrected chi connectivity index (χ1v) is 4.22. The average Bonchev–Trinajstić information content (AvgIpc) is 2.29. The van der Waals surface area contributed by atoms with Crippen LogP contribution in [0.1, 0.15) is 26.2 Å². The second-order valence-corrected chi connectivity index (χ2v) is 4.22. The molecule has 2 atom stereocenters. The van der Waals surface area contributed by atoms with Gasteiger partial charge in [0.2, 0.25) is 0 Å². The van der Waals surface area contributed by atoms with Crippen molar-refractivity contribution in [3.8, 4) is 0 Å². The molecule has 1 saturated carbocycles. The van der Waals surface area contributed by atoms with Gasteiger partial charge >= 0.3 is 6.18 Å². The lowest BCUT2D eigenvalue weighted by molar-refractivity contribution is -0.259. The van der Waals surface area contributed by atoms with Crippen molar-refractivity contribution in [2.24, 2.45) is 11.1 Å². The lowest BCUT2D eigenvalue weighted by Gasteiger charge is -2.28. The molecule has 0 aromatic heterocycles. The van der Waals surface area contributed by atoms with E-state index in [0.29, 0.717) is 6.42 Å². The molecule has 2 nitrogen and oxygen atoms in total. The minimum absolute atomic E-state index is 0.186. The summed E-state index contributed by atoms with van der Waals surface area (Å²) in [5.74, 6) is 0.